The van der Waals surface area contributed by atoms with E-state index < -0.39 is 11.8 Å². The van der Waals surface area contributed by atoms with Gasteiger partial charge < -0.3 is 0 Å². The Morgan fingerprint density at radius 1 is 1.00 bits per heavy atom. The number of nitrogens with zero attached hydrogens (tertiary/aromatic N) is 6. The molecule has 0 aliphatic heterocycles. The molecule has 0 unspecified atom stereocenters. The highest BCUT2D eigenvalue weighted by molar-refractivity contribution is 6.00. The van der Waals surface area contributed by atoms with Gasteiger partial charge in [-0.3, -0.25) is 9.59 Å². The van der Waals surface area contributed by atoms with E-state index in [0.29, 0.717) is 5.56 Å². The summed E-state index contributed by atoms with van der Waals surface area (Å²) in [6, 6.07) is 4.13. The SMILES string of the molecule is Cc1cc(C(=O)N=[N+]=[N-])cc(C(=O)N=[N+]=[N-])c1. The molecule has 1 rings (SSSR count). The Labute approximate surface area is 95.1 Å². The zero-order chi connectivity index (χ0) is 12.8. The summed E-state index contributed by atoms with van der Waals surface area (Å²) in [5.74, 6) is -1.60. The zero-order valence-corrected chi connectivity index (χ0v) is 8.73. The second-order valence-corrected chi connectivity index (χ2v) is 3.08. The van der Waals surface area contributed by atoms with Crippen molar-refractivity contribution in [3.05, 3.63) is 55.8 Å². The maximum absolute atomic E-state index is 11.3. The number of amides is 2. The molecule has 17 heavy (non-hydrogen) atoms. The lowest BCUT2D eigenvalue weighted by Crippen LogP contribution is -2.00. The van der Waals surface area contributed by atoms with Gasteiger partial charge in [-0.1, -0.05) is 0 Å². The first-order chi connectivity index (χ1) is 8.08. The normalized spacial score (nSPS) is 8.76. The zero-order valence-electron chi connectivity index (χ0n) is 8.73. The standard InChI is InChI=1S/C9H6N6O2/c1-5-2-6(8(16)12-14-10)4-7(3-5)9(17)13-15-11/h2-4H,1H3. The summed E-state index contributed by atoms with van der Waals surface area (Å²) in [6.45, 7) is 1.65. The first-order valence-corrected chi connectivity index (χ1v) is 4.39. The van der Waals surface area contributed by atoms with Crippen LogP contribution in [0.3, 0.4) is 0 Å². The average molecular weight is 230 g/mol. The van der Waals surface area contributed by atoms with Gasteiger partial charge in [-0.05, 0) is 52.0 Å². The van der Waals surface area contributed by atoms with Crippen LogP contribution < -0.4 is 0 Å². The molecule has 0 spiro atoms. The van der Waals surface area contributed by atoms with Crippen LogP contribution in [0.1, 0.15) is 26.3 Å². The number of hydrogen-bond acceptors (Lipinski definition) is 2. The number of rotatable bonds is 2. The van der Waals surface area contributed by atoms with Crippen LogP contribution in [-0.2, 0) is 0 Å². The van der Waals surface area contributed by atoms with Gasteiger partial charge in [0, 0.05) is 21.0 Å². The Bertz CT molecular complexity index is 533. The molecule has 0 saturated heterocycles. The van der Waals surface area contributed by atoms with Crippen molar-refractivity contribution in [2.24, 2.45) is 10.2 Å². The molecule has 0 bridgehead atoms. The Hall–Kier alpha value is -2.82. The topological polar surface area (TPSA) is 132 Å². The van der Waals surface area contributed by atoms with Crippen molar-refractivity contribution in [2.45, 2.75) is 6.92 Å². The van der Waals surface area contributed by atoms with E-state index in [4.69, 9.17) is 11.1 Å². The molecule has 0 heterocycles. The molecular weight excluding hydrogens is 224 g/mol. The van der Waals surface area contributed by atoms with Gasteiger partial charge in [-0.15, -0.1) is 0 Å². The molecule has 0 atom stereocenters. The average Bonchev–Trinajstić information content (AvgIpc) is 2.29. The first kappa shape index (κ1) is 12.3. The van der Waals surface area contributed by atoms with E-state index in [-0.39, 0.29) is 11.1 Å². The molecule has 8 heteroatoms. The third-order valence-corrected chi connectivity index (χ3v) is 1.84. The predicted molar refractivity (Wildman–Crippen MR) is 58.1 cm³/mol. The van der Waals surface area contributed by atoms with E-state index >= 15 is 0 Å². The molecule has 0 N–H and O–H groups in total. The van der Waals surface area contributed by atoms with Gasteiger partial charge >= 0.3 is 0 Å². The lowest BCUT2D eigenvalue weighted by molar-refractivity contribution is 0.0999. The number of aryl methyl sites for hydroxylation is 1. The van der Waals surface area contributed by atoms with Gasteiger partial charge in [0.25, 0.3) is 0 Å². The molecule has 0 radical (unpaired) electrons. The van der Waals surface area contributed by atoms with Crippen LogP contribution in [0.4, 0.5) is 0 Å². The Kier molecular flexibility index (Phi) is 3.83. The number of hydrogen-bond donors (Lipinski definition) is 0. The van der Waals surface area contributed by atoms with Crippen LogP contribution in [0.2, 0.25) is 0 Å². The second-order valence-electron chi connectivity index (χ2n) is 3.08. The van der Waals surface area contributed by atoms with Crippen molar-refractivity contribution in [3.63, 3.8) is 0 Å². The molecule has 8 nitrogen and oxygen atoms in total. The van der Waals surface area contributed by atoms with E-state index in [2.05, 4.69) is 20.1 Å². The Morgan fingerprint density at radius 2 is 1.41 bits per heavy atom. The molecule has 1 aromatic rings. The smallest absolute Gasteiger partial charge is 0.249 e. The highest BCUT2D eigenvalue weighted by atomic mass is 16.2. The lowest BCUT2D eigenvalue weighted by Gasteiger charge is -2.01. The summed E-state index contributed by atoms with van der Waals surface area (Å²) in [4.78, 5) is 27.3. The molecule has 0 saturated carbocycles. The van der Waals surface area contributed by atoms with Crippen molar-refractivity contribution in [1.29, 1.82) is 0 Å². The quantitative estimate of drug-likeness (QED) is 0.439. The molecule has 1 aromatic carbocycles. The number of azide groups is 2. The van der Waals surface area contributed by atoms with Crippen LogP contribution >= 0.6 is 0 Å². The third kappa shape index (κ3) is 3.07. The Morgan fingerprint density at radius 3 is 1.76 bits per heavy atom. The predicted octanol–water partition coefficient (Wildman–Crippen LogP) is 2.90. The van der Waals surface area contributed by atoms with Crippen LogP contribution in [0.5, 0.6) is 0 Å². The summed E-state index contributed by atoms with van der Waals surface area (Å²) < 4.78 is 0. The van der Waals surface area contributed by atoms with Gasteiger partial charge in [0.2, 0.25) is 11.8 Å². The van der Waals surface area contributed by atoms with E-state index in [1.807, 2.05) is 0 Å². The molecule has 0 aliphatic carbocycles. The number of benzene rings is 1. The van der Waals surface area contributed by atoms with E-state index in [1.54, 1.807) is 6.92 Å². The van der Waals surface area contributed by atoms with Gasteiger partial charge in [-0.25, -0.2) is 0 Å². The van der Waals surface area contributed by atoms with Crippen molar-refractivity contribution in [3.8, 4) is 0 Å². The molecule has 2 amide bonds. The monoisotopic (exact) mass is 230 g/mol. The van der Waals surface area contributed by atoms with Gasteiger partial charge in [0.05, 0.1) is 0 Å². The highest BCUT2D eigenvalue weighted by Crippen LogP contribution is 2.12. The van der Waals surface area contributed by atoms with Crippen LogP contribution in [0.15, 0.2) is 28.4 Å². The van der Waals surface area contributed by atoms with Crippen molar-refractivity contribution in [1.82, 2.24) is 0 Å². The lowest BCUT2D eigenvalue weighted by atomic mass is 10.1. The van der Waals surface area contributed by atoms with Crippen molar-refractivity contribution in [2.75, 3.05) is 0 Å². The maximum Gasteiger partial charge on any atom is 0.249 e. The fourth-order valence-corrected chi connectivity index (χ4v) is 1.23. The van der Waals surface area contributed by atoms with Crippen molar-refractivity contribution >= 4 is 11.8 Å². The van der Waals surface area contributed by atoms with Crippen LogP contribution in [0.25, 0.3) is 20.9 Å². The minimum Gasteiger partial charge on any atom is -0.287 e. The Balaban J connectivity index is 3.28. The van der Waals surface area contributed by atoms with E-state index in [0.717, 1.165) is 0 Å². The summed E-state index contributed by atoms with van der Waals surface area (Å²) in [5.41, 5.74) is 17.0. The summed E-state index contributed by atoms with van der Waals surface area (Å²) in [5, 5.41) is 5.82. The fraction of sp³-hybridized carbons (Fsp3) is 0.111. The molecule has 84 valence electrons. The third-order valence-electron chi connectivity index (χ3n) is 1.84. The number of carbonyl (C=O) groups is 2. The minimum absolute atomic E-state index is 0.0688. The maximum atomic E-state index is 11.3. The fourth-order valence-electron chi connectivity index (χ4n) is 1.23. The summed E-state index contributed by atoms with van der Waals surface area (Å²) in [6.07, 6.45) is 0. The minimum atomic E-state index is -0.800. The van der Waals surface area contributed by atoms with Crippen molar-refractivity contribution < 1.29 is 9.59 Å². The molecule has 0 aromatic heterocycles. The summed E-state index contributed by atoms with van der Waals surface area (Å²) >= 11 is 0. The van der Waals surface area contributed by atoms with Gasteiger partial charge in [0.1, 0.15) is 0 Å². The highest BCUT2D eigenvalue weighted by Gasteiger charge is 2.09. The molecular formula is C9H6N6O2. The molecule has 0 fully saturated rings. The summed E-state index contributed by atoms with van der Waals surface area (Å²) in [7, 11) is 0. The first-order valence-electron chi connectivity index (χ1n) is 4.39. The van der Waals surface area contributed by atoms with Gasteiger partial charge in [-0.2, -0.15) is 0 Å². The second kappa shape index (κ2) is 5.32. The number of carbonyl (C=O) groups excluding carboxylic acids is 2. The van der Waals surface area contributed by atoms with Crippen LogP contribution in [0, 0.1) is 6.92 Å². The largest absolute Gasteiger partial charge is 0.287 e. The van der Waals surface area contributed by atoms with E-state index in [9.17, 15) is 9.59 Å². The van der Waals surface area contributed by atoms with E-state index in [1.165, 1.54) is 18.2 Å². The molecule has 0 aliphatic rings. The van der Waals surface area contributed by atoms with Crippen LogP contribution in [-0.4, -0.2) is 11.8 Å². The van der Waals surface area contributed by atoms with Gasteiger partial charge in [0.15, 0.2) is 0 Å².